The summed E-state index contributed by atoms with van der Waals surface area (Å²) in [6.45, 7) is 0. The lowest BCUT2D eigenvalue weighted by Crippen LogP contribution is -2.13. The van der Waals surface area contributed by atoms with Gasteiger partial charge in [-0.1, -0.05) is 0 Å². The predicted molar refractivity (Wildman–Crippen MR) is 66.8 cm³/mol. The Morgan fingerprint density at radius 3 is 2.53 bits per heavy atom. The van der Waals surface area contributed by atoms with Crippen molar-refractivity contribution >= 4 is 11.6 Å². The van der Waals surface area contributed by atoms with Crippen molar-refractivity contribution in [1.29, 1.82) is 0 Å². The van der Waals surface area contributed by atoms with Gasteiger partial charge in [-0.05, 0) is 42.9 Å². The molecule has 4 rings (SSSR count). The minimum absolute atomic E-state index is 0.695. The molecule has 17 heavy (non-hydrogen) atoms. The van der Waals surface area contributed by atoms with Crippen molar-refractivity contribution in [3.63, 3.8) is 0 Å². The number of nitrogens with zero attached hydrogens (tertiary/aromatic N) is 2. The Balaban J connectivity index is 1.49. The van der Waals surface area contributed by atoms with Crippen LogP contribution in [0.25, 0.3) is 0 Å². The highest BCUT2D eigenvalue weighted by Gasteiger charge is 2.65. The Morgan fingerprint density at radius 2 is 1.82 bits per heavy atom. The highest BCUT2D eigenvalue weighted by atomic mass is 15.1. The topological polar surface area (TPSA) is 49.8 Å². The van der Waals surface area contributed by atoms with Crippen molar-refractivity contribution in [2.45, 2.75) is 25.3 Å². The van der Waals surface area contributed by atoms with Gasteiger partial charge in [-0.25, -0.2) is 9.97 Å². The van der Waals surface area contributed by atoms with Crippen molar-refractivity contribution in [2.75, 3.05) is 17.7 Å². The summed E-state index contributed by atoms with van der Waals surface area (Å²) in [5.74, 6) is 5.77. The van der Waals surface area contributed by atoms with E-state index in [0.29, 0.717) is 6.04 Å². The molecular formula is C13H18N4. The first-order valence-electron chi connectivity index (χ1n) is 6.63. The maximum atomic E-state index is 4.30. The number of hydrogen-bond acceptors (Lipinski definition) is 4. The average molecular weight is 230 g/mol. The van der Waals surface area contributed by atoms with Crippen LogP contribution in [0.5, 0.6) is 0 Å². The summed E-state index contributed by atoms with van der Waals surface area (Å²) in [6.07, 6.45) is 6.06. The van der Waals surface area contributed by atoms with Gasteiger partial charge in [-0.2, -0.15) is 0 Å². The lowest BCUT2D eigenvalue weighted by Gasteiger charge is -2.11. The lowest BCUT2D eigenvalue weighted by atomic mass is 10.0. The molecule has 2 N–H and O–H groups in total. The van der Waals surface area contributed by atoms with Gasteiger partial charge in [-0.3, -0.25) is 0 Å². The number of fused-ring (bicyclic) bond motifs is 5. The van der Waals surface area contributed by atoms with Gasteiger partial charge in [0.15, 0.2) is 0 Å². The van der Waals surface area contributed by atoms with Gasteiger partial charge in [0.25, 0.3) is 0 Å². The number of rotatable bonds is 3. The standard InChI is InChI=1S/C13H18N4/c1-14-9-5-10(16-6-15-9)17-13-11-7-2-3-8(4-7)12(11)13/h5-8,11-13H,2-4H2,1H3,(H2,14,15,16,17). The second-order valence-corrected chi connectivity index (χ2v) is 5.70. The van der Waals surface area contributed by atoms with Crippen LogP contribution in [0.15, 0.2) is 12.4 Å². The van der Waals surface area contributed by atoms with E-state index in [1.54, 1.807) is 6.33 Å². The molecule has 3 aliphatic rings. The summed E-state index contributed by atoms with van der Waals surface area (Å²) in [6, 6.07) is 2.69. The second kappa shape index (κ2) is 3.34. The van der Waals surface area contributed by atoms with Crippen molar-refractivity contribution in [2.24, 2.45) is 23.7 Å². The summed E-state index contributed by atoms with van der Waals surface area (Å²) in [5, 5.41) is 6.65. The number of anilines is 2. The van der Waals surface area contributed by atoms with Crippen LogP contribution in [0.2, 0.25) is 0 Å². The van der Waals surface area contributed by atoms with Gasteiger partial charge in [0.05, 0.1) is 0 Å². The number of nitrogens with one attached hydrogen (secondary N) is 2. The van der Waals surface area contributed by atoms with Crippen LogP contribution in [0, 0.1) is 23.7 Å². The van der Waals surface area contributed by atoms with Crippen molar-refractivity contribution in [1.82, 2.24) is 9.97 Å². The molecule has 1 aromatic rings. The van der Waals surface area contributed by atoms with Gasteiger partial charge >= 0.3 is 0 Å². The Labute approximate surface area is 101 Å². The summed E-state index contributed by atoms with van der Waals surface area (Å²) in [4.78, 5) is 8.44. The molecule has 0 aliphatic heterocycles. The van der Waals surface area contributed by atoms with E-state index < -0.39 is 0 Å². The van der Waals surface area contributed by atoms with Crippen LogP contribution in [-0.4, -0.2) is 23.1 Å². The maximum Gasteiger partial charge on any atom is 0.131 e. The highest BCUT2D eigenvalue weighted by Crippen LogP contribution is 2.66. The molecule has 3 aliphatic carbocycles. The first-order valence-corrected chi connectivity index (χ1v) is 6.63. The lowest BCUT2D eigenvalue weighted by molar-refractivity contribution is 0.456. The van der Waals surface area contributed by atoms with Crippen LogP contribution in [-0.2, 0) is 0 Å². The van der Waals surface area contributed by atoms with E-state index in [-0.39, 0.29) is 0 Å². The molecule has 0 aromatic carbocycles. The molecule has 1 heterocycles. The molecule has 0 spiro atoms. The molecule has 90 valence electrons. The van der Waals surface area contributed by atoms with Crippen LogP contribution in [0.1, 0.15) is 19.3 Å². The summed E-state index contributed by atoms with van der Waals surface area (Å²) in [5.41, 5.74) is 0. The summed E-state index contributed by atoms with van der Waals surface area (Å²) >= 11 is 0. The largest absolute Gasteiger partial charge is 0.373 e. The van der Waals surface area contributed by atoms with Gasteiger partial charge in [0, 0.05) is 19.2 Å². The van der Waals surface area contributed by atoms with Gasteiger partial charge in [0.2, 0.25) is 0 Å². The Kier molecular flexibility index (Phi) is 1.90. The molecule has 1 aromatic heterocycles. The Hall–Kier alpha value is -1.32. The fourth-order valence-electron chi connectivity index (χ4n) is 4.26. The number of hydrogen-bond donors (Lipinski definition) is 2. The summed E-state index contributed by atoms with van der Waals surface area (Å²) < 4.78 is 0. The van der Waals surface area contributed by atoms with E-state index >= 15 is 0 Å². The van der Waals surface area contributed by atoms with Gasteiger partial charge < -0.3 is 10.6 Å². The smallest absolute Gasteiger partial charge is 0.131 e. The molecule has 4 heteroatoms. The highest BCUT2D eigenvalue weighted by molar-refractivity contribution is 5.48. The molecule has 3 fully saturated rings. The number of aromatic nitrogens is 2. The van der Waals surface area contributed by atoms with E-state index in [2.05, 4.69) is 20.6 Å². The van der Waals surface area contributed by atoms with Crippen molar-refractivity contribution in [3.05, 3.63) is 12.4 Å². The summed E-state index contributed by atoms with van der Waals surface area (Å²) in [7, 11) is 1.89. The van der Waals surface area contributed by atoms with E-state index in [9.17, 15) is 0 Å². The minimum Gasteiger partial charge on any atom is -0.373 e. The predicted octanol–water partition coefficient (Wildman–Crippen LogP) is 1.97. The molecule has 2 bridgehead atoms. The van der Waals surface area contributed by atoms with Crippen LogP contribution < -0.4 is 10.6 Å². The zero-order valence-corrected chi connectivity index (χ0v) is 10.1. The third-order valence-corrected chi connectivity index (χ3v) is 4.97. The van der Waals surface area contributed by atoms with Gasteiger partial charge in [0.1, 0.15) is 18.0 Å². The third-order valence-electron chi connectivity index (χ3n) is 4.97. The molecule has 0 amide bonds. The molecule has 0 saturated heterocycles. The quantitative estimate of drug-likeness (QED) is 0.833. The molecule has 0 radical (unpaired) electrons. The first-order chi connectivity index (χ1) is 8.36. The maximum absolute atomic E-state index is 4.30. The SMILES string of the molecule is CNc1cc(NC2C3C4CCC(C4)C23)ncn1. The van der Waals surface area contributed by atoms with E-state index in [1.807, 2.05) is 13.1 Å². The molecular weight excluding hydrogens is 212 g/mol. The molecule has 4 nitrogen and oxygen atoms in total. The molecule has 4 unspecified atom stereocenters. The normalized spacial score (nSPS) is 41.1. The van der Waals surface area contributed by atoms with Crippen LogP contribution in [0.4, 0.5) is 11.6 Å². The molecule has 4 atom stereocenters. The van der Waals surface area contributed by atoms with E-state index in [4.69, 9.17) is 0 Å². The fraction of sp³-hybridized carbons (Fsp3) is 0.692. The average Bonchev–Trinajstić information content (AvgIpc) is 2.76. The van der Waals surface area contributed by atoms with E-state index in [1.165, 1.54) is 19.3 Å². The fourth-order valence-corrected chi connectivity index (χ4v) is 4.26. The van der Waals surface area contributed by atoms with Gasteiger partial charge in [-0.15, -0.1) is 0 Å². The Morgan fingerprint density at radius 1 is 1.12 bits per heavy atom. The zero-order valence-electron chi connectivity index (χ0n) is 10.1. The molecule has 3 saturated carbocycles. The monoisotopic (exact) mass is 230 g/mol. The third kappa shape index (κ3) is 1.36. The van der Waals surface area contributed by atoms with E-state index in [0.717, 1.165) is 35.3 Å². The minimum atomic E-state index is 0.695. The van der Waals surface area contributed by atoms with Crippen LogP contribution in [0.3, 0.4) is 0 Å². The van der Waals surface area contributed by atoms with Crippen molar-refractivity contribution in [3.8, 4) is 0 Å². The van der Waals surface area contributed by atoms with Crippen molar-refractivity contribution < 1.29 is 0 Å². The Bertz CT molecular complexity index is 431. The van der Waals surface area contributed by atoms with Crippen LogP contribution >= 0.6 is 0 Å². The first kappa shape index (κ1) is 9.68. The second-order valence-electron chi connectivity index (χ2n) is 5.70. The zero-order chi connectivity index (χ0) is 11.4.